The van der Waals surface area contributed by atoms with Gasteiger partial charge in [-0.05, 0) is 31.0 Å². The fraction of sp³-hybridized carbons (Fsp3) is 0.389. The average molecular weight is 377 g/mol. The van der Waals surface area contributed by atoms with Gasteiger partial charge in [0.15, 0.2) is 16.7 Å². The molecule has 138 valence electrons. The second kappa shape index (κ2) is 7.82. The van der Waals surface area contributed by atoms with E-state index in [1.807, 2.05) is 0 Å². The molecule has 0 radical (unpaired) electrons. The van der Waals surface area contributed by atoms with Crippen molar-refractivity contribution in [3.63, 3.8) is 0 Å². The first kappa shape index (κ1) is 18.3. The minimum atomic E-state index is -0.467. The maximum Gasteiger partial charge on any atom is 0.228 e. The van der Waals surface area contributed by atoms with Crippen LogP contribution in [-0.4, -0.2) is 30.5 Å². The lowest BCUT2D eigenvalue weighted by atomic mass is 10.1. The Hall–Kier alpha value is -2.48. The van der Waals surface area contributed by atoms with Crippen molar-refractivity contribution in [2.24, 2.45) is 0 Å². The molecule has 26 heavy (non-hydrogen) atoms. The first-order valence-electron chi connectivity index (χ1n) is 8.35. The number of carbonyl (C=O) groups excluding carboxylic acids is 2. The van der Waals surface area contributed by atoms with Gasteiger partial charge in [0.2, 0.25) is 11.8 Å². The Morgan fingerprint density at radius 2 is 2.31 bits per heavy atom. The van der Waals surface area contributed by atoms with E-state index in [1.54, 1.807) is 23.3 Å². The summed E-state index contributed by atoms with van der Waals surface area (Å²) in [7, 11) is 1.40. The van der Waals surface area contributed by atoms with Gasteiger partial charge in [-0.1, -0.05) is 6.07 Å². The van der Waals surface area contributed by atoms with E-state index in [2.05, 4.69) is 10.3 Å². The van der Waals surface area contributed by atoms with Gasteiger partial charge in [-0.2, -0.15) is 0 Å². The fourth-order valence-electron chi connectivity index (χ4n) is 2.84. The van der Waals surface area contributed by atoms with Crippen LogP contribution in [-0.2, 0) is 16.0 Å². The van der Waals surface area contributed by atoms with E-state index in [9.17, 15) is 14.0 Å². The number of anilines is 1. The van der Waals surface area contributed by atoms with Gasteiger partial charge < -0.3 is 10.1 Å². The lowest BCUT2D eigenvalue weighted by Crippen LogP contribution is -2.28. The SMILES string of the molecule is COc1ccc(C(C)NC(=O)Cc2csc(N3CCCC3=O)n2)cc1F. The minimum absolute atomic E-state index is 0.0745. The third kappa shape index (κ3) is 4.01. The van der Waals surface area contributed by atoms with Crippen LogP contribution in [0.4, 0.5) is 9.52 Å². The number of benzene rings is 1. The van der Waals surface area contributed by atoms with Gasteiger partial charge in [0, 0.05) is 18.3 Å². The number of aromatic nitrogens is 1. The van der Waals surface area contributed by atoms with Crippen LogP contribution in [0.1, 0.15) is 37.1 Å². The Morgan fingerprint density at radius 3 is 2.96 bits per heavy atom. The molecule has 3 rings (SSSR count). The molecule has 2 heterocycles. The van der Waals surface area contributed by atoms with Crippen LogP contribution < -0.4 is 15.0 Å². The van der Waals surface area contributed by atoms with Gasteiger partial charge >= 0.3 is 0 Å². The third-order valence-electron chi connectivity index (χ3n) is 4.24. The maximum atomic E-state index is 13.8. The fourth-order valence-corrected chi connectivity index (χ4v) is 3.71. The molecule has 2 amide bonds. The number of amides is 2. The van der Waals surface area contributed by atoms with Gasteiger partial charge in [-0.3, -0.25) is 14.5 Å². The van der Waals surface area contributed by atoms with Crippen LogP contribution >= 0.6 is 11.3 Å². The van der Waals surface area contributed by atoms with E-state index in [-0.39, 0.29) is 30.0 Å². The third-order valence-corrected chi connectivity index (χ3v) is 5.15. The highest BCUT2D eigenvalue weighted by Gasteiger charge is 2.24. The molecule has 6 nitrogen and oxygen atoms in total. The Kier molecular flexibility index (Phi) is 5.51. The van der Waals surface area contributed by atoms with E-state index in [0.717, 1.165) is 6.42 Å². The van der Waals surface area contributed by atoms with Crippen LogP contribution in [0, 0.1) is 5.82 Å². The molecule has 1 saturated heterocycles. The van der Waals surface area contributed by atoms with Crippen molar-refractivity contribution in [1.29, 1.82) is 0 Å². The van der Waals surface area contributed by atoms with E-state index in [4.69, 9.17) is 4.74 Å². The number of halogens is 1. The summed E-state index contributed by atoms with van der Waals surface area (Å²) in [6, 6.07) is 4.25. The van der Waals surface area contributed by atoms with Crippen LogP contribution in [0.3, 0.4) is 0 Å². The Balaban J connectivity index is 1.59. The molecule has 1 aliphatic rings. The van der Waals surface area contributed by atoms with E-state index in [0.29, 0.717) is 29.4 Å². The number of nitrogens with one attached hydrogen (secondary N) is 1. The van der Waals surface area contributed by atoms with Crippen molar-refractivity contribution < 1.29 is 18.7 Å². The Labute approximate surface area is 155 Å². The number of methoxy groups -OCH3 is 1. The van der Waals surface area contributed by atoms with Gasteiger partial charge in [-0.25, -0.2) is 9.37 Å². The molecule has 1 aromatic heterocycles. The predicted molar refractivity (Wildman–Crippen MR) is 96.9 cm³/mol. The zero-order chi connectivity index (χ0) is 18.7. The summed E-state index contributed by atoms with van der Waals surface area (Å²) in [5, 5.41) is 5.26. The number of hydrogen-bond donors (Lipinski definition) is 1. The molecule has 1 N–H and O–H groups in total. The molecule has 1 aliphatic heterocycles. The van der Waals surface area contributed by atoms with Gasteiger partial charge in [0.05, 0.1) is 25.3 Å². The Bertz CT molecular complexity index is 824. The number of ether oxygens (including phenoxy) is 1. The van der Waals surface area contributed by atoms with Crippen molar-refractivity contribution in [3.8, 4) is 5.75 Å². The molecule has 0 spiro atoms. The largest absolute Gasteiger partial charge is 0.494 e. The molecule has 2 aromatic rings. The summed E-state index contributed by atoms with van der Waals surface area (Å²) in [5.41, 5.74) is 1.27. The van der Waals surface area contributed by atoms with Crippen molar-refractivity contribution in [2.75, 3.05) is 18.6 Å². The quantitative estimate of drug-likeness (QED) is 0.840. The van der Waals surface area contributed by atoms with E-state index < -0.39 is 5.82 Å². The second-order valence-electron chi connectivity index (χ2n) is 6.13. The van der Waals surface area contributed by atoms with Gasteiger partial charge in [0.25, 0.3) is 0 Å². The maximum absolute atomic E-state index is 13.8. The van der Waals surface area contributed by atoms with E-state index in [1.165, 1.54) is 30.6 Å². The molecule has 0 bridgehead atoms. The highest BCUT2D eigenvalue weighted by atomic mass is 32.1. The zero-order valence-electron chi connectivity index (χ0n) is 14.6. The molecule has 1 fully saturated rings. The van der Waals surface area contributed by atoms with Crippen LogP contribution in [0.2, 0.25) is 0 Å². The van der Waals surface area contributed by atoms with Crippen LogP contribution in [0.25, 0.3) is 0 Å². The van der Waals surface area contributed by atoms with Gasteiger partial charge in [0.1, 0.15) is 0 Å². The highest BCUT2D eigenvalue weighted by Crippen LogP contribution is 2.26. The number of thiazole rings is 1. The predicted octanol–water partition coefficient (Wildman–Crippen LogP) is 2.84. The molecule has 1 aromatic carbocycles. The van der Waals surface area contributed by atoms with Crippen molar-refractivity contribution in [2.45, 2.75) is 32.2 Å². The lowest BCUT2D eigenvalue weighted by molar-refractivity contribution is -0.121. The van der Waals surface area contributed by atoms with Crippen molar-refractivity contribution >= 4 is 28.3 Å². The summed E-state index contributed by atoms with van der Waals surface area (Å²) < 4.78 is 18.7. The Morgan fingerprint density at radius 1 is 1.50 bits per heavy atom. The molecular weight excluding hydrogens is 357 g/mol. The van der Waals surface area contributed by atoms with Crippen LogP contribution in [0.15, 0.2) is 23.6 Å². The normalized spacial score (nSPS) is 15.2. The standard InChI is InChI=1S/C18H20FN3O3S/c1-11(12-5-6-15(25-2)14(19)8-12)20-16(23)9-13-10-26-18(21-13)22-7-3-4-17(22)24/h5-6,8,10-11H,3-4,7,9H2,1-2H3,(H,20,23). The summed E-state index contributed by atoms with van der Waals surface area (Å²) in [5.74, 6) is -0.437. The van der Waals surface area contributed by atoms with E-state index >= 15 is 0 Å². The van der Waals surface area contributed by atoms with Crippen molar-refractivity contribution in [1.82, 2.24) is 10.3 Å². The molecular formula is C18H20FN3O3S. The highest BCUT2D eigenvalue weighted by molar-refractivity contribution is 7.14. The minimum Gasteiger partial charge on any atom is -0.494 e. The molecule has 1 atom stereocenters. The molecule has 8 heteroatoms. The number of hydrogen-bond acceptors (Lipinski definition) is 5. The molecule has 1 unspecified atom stereocenters. The summed E-state index contributed by atoms with van der Waals surface area (Å²) in [4.78, 5) is 30.1. The summed E-state index contributed by atoms with van der Waals surface area (Å²) in [6.45, 7) is 2.46. The lowest BCUT2D eigenvalue weighted by Gasteiger charge is -2.15. The second-order valence-corrected chi connectivity index (χ2v) is 6.97. The zero-order valence-corrected chi connectivity index (χ0v) is 15.4. The van der Waals surface area contributed by atoms with Gasteiger partial charge in [-0.15, -0.1) is 11.3 Å². The number of carbonyl (C=O) groups is 2. The smallest absolute Gasteiger partial charge is 0.228 e. The monoisotopic (exact) mass is 377 g/mol. The molecule has 0 saturated carbocycles. The molecule has 0 aliphatic carbocycles. The summed E-state index contributed by atoms with van der Waals surface area (Å²) >= 11 is 1.36. The van der Waals surface area contributed by atoms with Crippen LogP contribution in [0.5, 0.6) is 5.75 Å². The number of nitrogens with zero attached hydrogens (tertiary/aromatic N) is 2. The summed E-state index contributed by atoms with van der Waals surface area (Å²) in [6.07, 6.45) is 1.50. The topological polar surface area (TPSA) is 71.5 Å². The first-order valence-corrected chi connectivity index (χ1v) is 9.23. The number of rotatable bonds is 6. The van der Waals surface area contributed by atoms with Crippen molar-refractivity contribution in [3.05, 3.63) is 40.7 Å². The average Bonchev–Trinajstić information content (AvgIpc) is 3.23. The first-order chi connectivity index (χ1) is 12.5.